The number of rotatable bonds is 1. The van der Waals surface area contributed by atoms with Gasteiger partial charge in [-0.1, -0.05) is 18.2 Å². The summed E-state index contributed by atoms with van der Waals surface area (Å²) in [5.41, 5.74) is 0.646. The number of thiophene rings is 1. The molecule has 0 unspecified atom stereocenters. The molecule has 1 fully saturated rings. The number of fused-ring (bicyclic) bond motifs is 1. The number of benzene rings is 1. The molecular formula is C11H10OS. The van der Waals surface area contributed by atoms with Gasteiger partial charge in [0, 0.05) is 10.3 Å². The highest BCUT2D eigenvalue weighted by Gasteiger charge is 2.43. The van der Waals surface area contributed by atoms with Gasteiger partial charge in [0.05, 0.1) is 5.60 Å². The fourth-order valence-electron chi connectivity index (χ4n) is 1.73. The van der Waals surface area contributed by atoms with Crippen LogP contribution in [0.25, 0.3) is 10.1 Å². The molecular weight excluding hydrogens is 180 g/mol. The van der Waals surface area contributed by atoms with E-state index in [1.165, 1.54) is 10.1 Å². The second-order valence-electron chi connectivity index (χ2n) is 3.68. The lowest BCUT2D eigenvalue weighted by Gasteiger charge is -2.04. The zero-order valence-electron chi connectivity index (χ0n) is 7.16. The average Bonchev–Trinajstić information content (AvgIpc) is 2.76. The smallest absolute Gasteiger partial charge is 0.0913 e. The van der Waals surface area contributed by atoms with Gasteiger partial charge in [-0.3, -0.25) is 0 Å². The largest absolute Gasteiger partial charge is 0.385 e. The minimum atomic E-state index is -0.487. The highest BCUT2D eigenvalue weighted by Crippen LogP contribution is 2.49. The van der Waals surface area contributed by atoms with Gasteiger partial charge in [0.1, 0.15) is 0 Å². The van der Waals surface area contributed by atoms with Crippen LogP contribution in [0.1, 0.15) is 18.4 Å². The van der Waals surface area contributed by atoms with E-state index < -0.39 is 5.60 Å². The summed E-state index contributed by atoms with van der Waals surface area (Å²) in [7, 11) is 0. The van der Waals surface area contributed by atoms with Crippen molar-refractivity contribution in [2.45, 2.75) is 18.4 Å². The van der Waals surface area contributed by atoms with Gasteiger partial charge in [0.15, 0.2) is 0 Å². The molecule has 0 spiro atoms. The van der Waals surface area contributed by atoms with E-state index in [0.717, 1.165) is 18.4 Å². The van der Waals surface area contributed by atoms with E-state index in [2.05, 4.69) is 17.5 Å². The summed E-state index contributed by atoms with van der Waals surface area (Å²) in [4.78, 5) is 0. The molecule has 1 saturated carbocycles. The normalized spacial score (nSPS) is 19.2. The third-order valence-corrected chi connectivity index (χ3v) is 3.67. The molecule has 0 aliphatic heterocycles. The van der Waals surface area contributed by atoms with E-state index in [1.807, 2.05) is 12.1 Å². The molecule has 2 heteroatoms. The first kappa shape index (κ1) is 7.54. The zero-order chi connectivity index (χ0) is 8.89. The summed E-state index contributed by atoms with van der Waals surface area (Å²) >= 11 is 1.72. The number of aliphatic hydroxyl groups is 1. The number of hydrogen-bond donors (Lipinski definition) is 1. The van der Waals surface area contributed by atoms with E-state index >= 15 is 0 Å². The minimum Gasteiger partial charge on any atom is -0.385 e. The minimum absolute atomic E-state index is 0.487. The summed E-state index contributed by atoms with van der Waals surface area (Å²) in [5, 5.41) is 13.3. The van der Waals surface area contributed by atoms with Crippen LogP contribution in [0.3, 0.4) is 0 Å². The molecule has 0 bridgehead atoms. The summed E-state index contributed by atoms with van der Waals surface area (Å²) in [6.07, 6.45) is 1.85. The maximum absolute atomic E-state index is 9.99. The molecule has 3 rings (SSSR count). The van der Waals surface area contributed by atoms with Gasteiger partial charge in [0.25, 0.3) is 0 Å². The van der Waals surface area contributed by atoms with Crippen LogP contribution in [-0.4, -0.2) is 5.11 Å². The zero-order valence-corrected chi connectivity index (χ0v) is 7.97. The van der Waals surface area contributed by atoms with Crippen LogP contribution >= 0.6 is 11.3 Å². The Hall–Kier alpha value is -0.860. The summed E-state index contributed by atoms with van der Waals surface area (Å²) < 4.78 is 1.28. The van der Waals surface area contributed by atoms with Crippen LogP contribution in [0.5, 0.6) is 0 Å². The molecule has 1 aromatic heterocycles. The lowest BCUT2D eigenvalue weighted by Crippen LogP contribution is -2.01. The first-order chi connectivity index (χ1) is 6.30. The van der Waals surface area contributed by atoms with Crippen molar-refractivity contribution in [2.75, 3.05) is 0 Å². The predicted molar refractivity (Wildman–Crippen MR) is 55.0 cm³/mol. The fourth-order valence-corrected chi connectivity index (χ4v) is 2.78. The number of hydrogen-bond acceptors (Lipinski definition) is 2. The Labute approximate surface area is 80.6 Å². The van der Waals surface area contributed by atoms with Crippen LogP contribution < -0.4 is 0 Å². The lowest BCUT2D eigenvalue weighted by atomic mass is 10.1. The van der Waals surface area contributed by atoms with Crippen molar-refractivity contribution in [3.63, 3.8) is 0 Å². The van der Waals surface area contributed by atoms with Crippen LogP contribution in [0, 0.1) is 0 Å². The van der Waals surface area contributed by atoms with E-state index in [0.29, 0.717) is 0 Å². The predicted octanol–water partition coefficient (Wildman–Crippen LogP) is 2.88. The molecule has 1 aliphatic rings. The second kappa shape index (κ2) is 2.34. The van der Waals surface area contributed by atoms with Crippen molar-refractivity contribution in [3.05, 3.63) is 35.2 Å². The monoisotopic (exact) mass is 190 g/mol. The Bertz CT molecular complexity index is 454. The molecule has 1 aromatic carbocycles. The van der Waals surface area contributed by atoms with Gasteiger partial charge in [-0.05, 0) is 29.7 Å². The van der Waals surface area contributed by atoms with E-state index in [9.17, 15) is 5.11 Å². The van der Waals surface area contributed by atoms with Gasteiger partial charge in [-0.15, -0.1) is 11.3 Å². The summed E-state index contributed by atoms with van der Waals surface area (Å²) in [6.45, 7) is 0. The van der Waals surface area contributed by atoms with E-state index in [-0.39, 0.29) is 0 Å². The maximum Gasteiger partial charge on any atom is 0.0913 e. The van der Waals surface area contributed by atoms with Gasteiger partial charge >= 0.3 is 0 Å². The molecule has 13 heavy (non-hydrogen) atoms. The Morgan fingerprint density at radius 3 is 2.77 bits per heavy atom. The van der Waals surface area contributed by atoms with Crippen molar-refractivity contribution in [1.29, 1.82) is 0 Å². The molecule has 2 aromatic rings. The Balaban J connectivity index is 2.30. The third kappa shape index (κ3) is 1.02. The van der Waals surface area contributed by atoms with Gasteiger partial charge in [0.2, 0.25) is 0 Å². The van der Waals surface area contributed by atoms with E-state index in [1.54, 1.807) is 11.3 Å². The average molecular weight is 190 g/mol. The second-order valence-corrected chi connectivity index (χ2v) is 4.59. The molecule has 0 saturated heterocycles. The van der Waals surface area contributed by atoms with Crippen molar-refractivity contribution >= 4 is 21.4 Å². The van der Waals surface area contributed by atoms with Crippen LogP contribution in [0.15, 0.2) is 29.6 Å². The molecule has 1 heterocycles. The lowest BCUT2D eigenvalue weighted by molar-refractivity contribution is 0.153. The Morgan fingerprint density at radius 1 is 1.23 bits per heavy atom. The van der Waals surface area contributed by atoms with E-state index in [4.69, 9.17) is 0 Å². The van der Waals surface area contributed by atoms with Gasteiger partial charge in [-0.2, -0.15) is 0 Å². The SMILES string of the molecule is OC1(c2csc3ccccc23)CC1. The van der Waals surface area contributed by atoms with Gasteiger partial charge in [-0.25, -0.2) is 0 Å². The quantitative estimate of drug-likeness (QED) is 0.733. The first-order valence-corrected chi connectivity index (χ1v) is 5.37. The highest BCUT2D eigenvalue weighted by molar-refractivity contribution is 7.17. The van der Waals surface area contributed by atoms with Gasteiger partial charge < -0.3 is 5.11 Å². The molecule has 0 atom stereocenters. The van der Waals surface area contributed by atoms with Crippen LogP contribution in [0.2, 0.25) is 0 Å². The fraction of sp³-hybridized carbons (Fsp3) is 0.273. The molecule has 0 radical (unpaired) electrons. The molecule has 1 aliphatic carbocycles. The Kier molecular flexibility index (Phi) is 1.35. The first-order valence-electron chi connectivity index (χ1n) is 4.49. The van der Waals surface area contributed by atoms with Crippen molar-refractivity contribution < 1.29 is 5.11 Å². The standard InChI is InChI=1S/C11H10OS/c12-11(5-6-11)9-7-13-10-4-2-1-3-8(9)10/h1-4,7,12H,5-6H2. The maximum atomic E-state index is 9.99. The topological polar surface area (TPSA) is 20.2 Å². The molecule has 1 nitrogen and oxygen atoms in total. The summed E-state index contributed by atoms with van der Waals surface area (Å²) in [6, 6.07) is 8.27. The third-order valence-electron chi connectivity index (χ3n) is 2.71. The van der Waals surface area contributed by atoms with Crippen LogP contribution in [-0.2, 0) is 5.60 Å². The summed E-state index contributed by atoms with van der Waals surface area (Å²) in [5.74, 6) is 0. The molecule has 1 N–H and O–H groups in total. The van der Waals surface area contributed by atoms with Crippen molar-refractivity contribution in [1.82, 2.24) is 0 Å². The highest BCUT2D eigenvalue weighted by atomic mass is 32.1. The van der Waals surface area contributed by atoms with Crippen LogP contribution in [0.4, 0.5) is 0 Å². The van der Waals surface area contributed by atoms with Crippen molar-refractivity contribution in [3.8, 4) is 0 Å². The Morgan fingerprint density at radius 2 is 2.00 bits per heavy atom. The molecule has 0 amide bonds. The molecule has 66 valence electrons. The van der Waals surface area contributed by atoms with Crippen molar-refractivity contribution in [2.24, 2.45) is 0 Å².